The topological polar surface area (TPSA) is 22.1 Å². The van der Waals surface area contributed by atoms with Crippen LogP contribution in [0.2, 0.25) is 0 Å². The molecule has 2 nitrogen and oxygen atoms in total. The summed E-state index contributed by atoms with van der Waals surface area (Å²) in [5.41, 5.74) is 0. The predicted molar refractivity (Wildman–Crippen MR) is 58.0 cm³/mol. The van der Waals surface area contributed by atoms with Crippen molar-refractivity contribution in [3.05, 3.63) is 11.1 Å². The molecule has 1 fully saturated rings. The first kappa shape index (κ1) is 9.46. The number of rotatable bonds is 2. The lowest BCUT2D eigenvalue weighted by molar-refractivity contribution is 0.412. The van der Waals surface area contributed by atoms with Gasteiger partial charge in [-0.2, -0.15) is 0 Å². The zero-order chi connectivity index (χ0) is 9.26. The molecule has 0 spiro atoms. The van der Waals surface area contributed by atoms with E-state index in [1.54, 1.807) is 18.4 Å². The monoisotopic (exact) mass is 261 g/mol. The van der Waals surface area contributed by atoms with Crippen molar-refractivity contribution in [2.24, 2.45) is 0 Å². The minimum absolute atomic E-state index is 0.700. The number of halogens is 1. The highest BCUT2D eigenvalue weighted by atomic mass is 79.9. The largest absolute Gasteiger partial charge is 0.473 e. The van der Waals surface area contributed by atoms with Crippen LogP contribution in [0.1, 0.15) is 30.1 Å². The molecule has 0 aliphatic heterocycles. The summed E-state index contributed by atoms with van der Waals surface area (Å²) in [7, 11) is 1.67. The molecule has 4 heteroatoms. The molecule has 1 heterocycles. The lowest BCUT2D eigenvalue weighted by Crippen LogP contribution is -1.90. The molecule has 0 saturated heterocycles. The van der Waals surface area contributed by atoms with Crippen LogP contribution in [0.4, 0.5) is 0 Å². The second-order valence-corrected chi connectivity index (χ2v) is 5.66. The van der Waals surface area contributed by atoms with Crippen LogP contribution in [-0.2, 0) is 0 Å². The van der Waals surface area contributed by atoms with E-state index in [2.05, 4.69) is 20.9 Å². The van der Waals surface area contributed by atoms with Gasteiger partial charge in [-0.05, 0) is 25.2 Å². The average Bonchev–Trinajstić information content (AvgIpc) is 2.71. The molecule has 13 heavy (non-hydrogen) atoms. The number of hydrogen-bond donors (Lipinski definition) is 0. The van der Waals surface area contributed by atoms with Crippen molar-refractivity contribution in [1.82, 2.24) is 4.98 Å². The first-order valence-corrected chi connectivity index (χ1v) is 6.16. The standard InChI is InChI=1S/C9H12BrNOS/c1-12-9-11-5-8(13-9)6-2-3-7(10)4-6/h5-7H,2-4H2,1H3. The van der Waals surface area contributed by atoms with Crippen LogP contribution in [0.15, 0.2) is 6.20 Å². The third kappa shape index (κ3) is 2.05. The molecule has 2 unspecified atom stereocenters. The van der Waals surface area contributed by atoms with Crippen LogP contribution in [-0.4, -0.2) is 16.9 Å². The maximum Gasteiger partial charge on any atom is 0.273 e. The summed E-state index contributed by atoms with van der Waals surface area (Å²) in [6.07, 6.45) is 5.76. The minimum atomic E-state index is 0.700. The van der Waals surface area contributed by atoms with Crippen LogP contribution < -0.4 is 4.74 Å². The van der Waals surface area contributed by atoms with E-state index in [1.807, 2.05) is 6.20 Å². The van der Waals surface area contributed by atoms with Crippen LogP contribution in [0.5, 0.6) is 5.19 Å². The average molecular weight is 262 g/mol. The molecule has 0 amide bonds. The number of alkyl halides is 1. The Kier molecular flexibility index (Phi) is 2.89. The Morgan fingerprint density at radius 2 is 2.46 bits per heavy atom. The molecule has 72 valence electrons. The van der Waals surface area contributed by atoms with Crippen molar-refractivity contribution in [3.63, 3.8) is 0 Å². The molecule has 0 bridgehead atoms. The summed E-state index contributed by atoms with van der Waals surface area (Å²) in [6.45, 7) is 0. The van der Waals surface area contributed by atoms with Crippen LogP contribution in [0.25, 0.3) is 0 Å². The normalized spacial score (nSPS) is 27.8. The van der Waals surface area contributed by atoms with Gasteiger partial charge in [-0.15, -0.1) is 0 Å². The second-order valence-electron chi connectivity index (χ2n) is 3.34. The van der Waals surface area contributed by atoms with Gasteiger partial charge in [-0.3, -0.25) is 0 Å². The Morgan fingerprint density at radius 1 is 1.62 bits per heavy atom. The zero-order valence-corrected chi connectivity index (χ0v) is 9.90. The van der Waals surface area contributed by atoms with Gasteiger partial charge in [0.05, 0.1) is 7.11 Å². The number of methoxy groups -OCH3 is 1. The minimum Gasteiger partial charge on any atom is -0.473 e. The molecule has 1 aliphatic rings. The van der Waals surface area contributed by atoms with E-state index in [1.165, 1.54) is 24.1 Å². The quantitative estimate of drug-likeness (QED) is 0.764. The summed E-state index contributed by atoms with van der Waals surface area (Å²) in [5.74, 6) is 0.700. The van der Waals surface area contributed by atoms with Gasteiger partial charge in [0.15, 0.2) is 0 Å². The first-order valence-electron chi connectivity index (χ1n) is 4.43. The Balaban J connectivity index is 2.08. The molecular formula is C9H12BrNOS. The molecule has 1 aliphatic carbocycles. The fourth-order valence-corrected chi connectivity index (χ4v) is 3.33. The van der Waals surface area contributed by atoms with Gasteiger partial charge in [-0.25, -0.2) is 4.98 Å². The number of thiazole rings is 1. The van der Waals surface area contributed by atoms with Gasteiger partial charge in [-0.1, -0.05) is 27.3 Å². The molecule has 1 saturated carbocycles. The highest BCUT2D eigenvalue weighted by molar-refractivity contribution is 9.09. The highest BCUT2D eigenvalue weighted by Crippen LogP contribution is 2.41. The van der Waals surface area contributed by atoms with Gasteiger partial charge >= 0.3 is 0 Å². The predicted octanol–water partition coefficient (Wildman–Crippen LogP) is 3.18. The molecule has 1 aromatic rings. The molecule has 2 atom stereocenters. The van der Waals surface area contributed by atoms with Crippen molar-refractivity contribution in [3.8, 4) is 5.19 Å². The van der Waals surface area contributed by atoms with E-state index in [0.717, 1.165) is 5.19 Å². The SMILES string of the molecule is COc1ncc(C2CCC(Br)C2)s1. The smallest absolute Gasteiger partial charge is 0.273 e. The van der Waals surface area contributed by atoms with Gasteiger partial charge < -0.3 is 4.74 Å². The third-order valence-corrected chi connectivity index (χ3v) is 4.40. The molecular weight excluding hydrogens is 250 g/mol. The van der Waals surface area contributed by atoms with E-state index in [9.17, 15) is 0 Å². The first-order chi connectivity index (χ1) is 6.29. The number of aromatic nitrogens is 1. The van der Waals surface area contributed by atoms with E-state index >= 15 is 0 Å². The van der Waals surface area contributed by atoms with Crippen molar-refractivity contribution in [2.75, 3.05) is 7.11 Å². The van der Waals surface area contributed by atoms with Crippen molar-refractivity contribution in [1.29, 1.82) is 0 Å². The molecule has 2 rings (SSSR count). The molecule has 0 N–H and O–H groups in total. The maximum absolute atomic E-state index is 5.08. The third-order valence-electron chi connectivity index (χ3n) is 2.45. The van der Waals surface area contributed by atoms with E-state index in [-0.39, 0.29) is 0 Å². The Bertz CT molecular complexity index is 289. The van der Waals surface area contributed by atoms with E-state index in [0.29, 0.717) is 10.7 Å². The Hall–Kier alpha value is -0.0900. The summed E-state index contributed by atoms with van der Waals surface area (Å²) in [6, 6.07) is 0. The fraction of sp³-hybridized carbons (Fsp3) is 0.667. The molecule has 0 aromatic carbocycles. The van der Waals surface area contributed by atoms with Crippen molar-refractivity contribution in [2.45, 2.75) is 30.0 Å². The lowest BCUT2D eigenvalue weighted by Gasteiger charge is -2.03. The lowest BCUT2D eigenvalue weighted by atomic mass is 10.1. The van der Waals surface area contributed by atoms with Crippen molar-refractivity contribution >= 4 is 27.3 Å². The number of ether oxygens (including phenoxy) is 1. The van der Waals surface area contributed by atoms with Gasteiger partial charge in [0.25, 0.3) is 5.19 Å². The summed E-state index contributed by atoms with van der Waals surface area (Å²) < 4.78 is 5.08. The highest BCUT2D eigenvalue weighted by Gasteiger charge is 2.25. The fourth-order valence-electron chi connectivity index (χ4n) is 1.74. The van der Waals surface area contributed by atoms with Gasteiger partial charge in [0.2, 0.25) is 0 Å². The molecule has 1 aromatic heterocycles. The Labute approximate surface area is 90.5 Å². The van der Waals surface area contributed by atoms with Crippen LogP contribution >= 0.6 is 27.3 Å². The van der Waals surface area contributed by atoms with E-state index < -0.39 is 0 Å². The van der Waals surface area contributed by atoms with Crippen LogP contribution in [0.3, 0.4) is 0 Å². The van der Waals surface area contributed by atoms with Gasteiger partial charge in [0.1, 0.15) is 0 Å². The Morgan fingerprint density at radius 3 is 3.00 bits per heavy atom. The second kappa shape index (κ2) is 3.96. The zero-order valence-electron chi connectivity index (χ0n) is 7.50. The number of hydrogen-bond acceptors (Lipinski definition) is 3. The summed E-state index contributed by atoms with van der Waals surface area (Å²) in [5, 5.41) is 0.785. The number of nitrogens with zero attached hydrogens (tertiary/aromatic N) is 1. The van der Waals surface area contributed by atoms with Crippen molar-refractivity contribution < 1.29 is 4.74 Å². The maximum atomic E-state index is 5.08. The summed E-state index contributed by atoms with van der Waals surface area (Å²) in [4.78, 5) is 6.26. The van der Waals surface area contributed by atoms with Gasteiger partial charge in [0, 0.05) is 15.9 Å². The van der Waals surface area contributed by atoms with E-state index in [4.69, 9.17) is 4.74 Å². The molecule has 0 radical (unpaired) electrons. The van der Waals surface area contributed by atoms with Crippen LogP contribution in [0, 0.1) is 0 Å². The summed E-state index contributed by atoms with van der Waals surface area (Å²) >= 11 is 5.33.